The summed E-state index contributed by atoms with van der Waals surface area (Å²) in [6, 6.07) is 4.13. The van der Waals surface area contributed by atoms with Crippen LogP contribution in [0.5, 0.6) is 5.75 Å². The first kappa shape index (κ1) is 15.2. The van der Waals surface area contributed by atoms with Gasteiger partial charge in [0.25, 0.3) is 0 Å². The fourth-order valence-electron chi connectivity index (χ4n) is 2.02. The third-order valence-electron chi connectivity index (χ3n) is 3.01. The molecule has 0 saturated heterocycles. The number of carbonyl (C=O) groups is 1. The number of ether oxygens (including phenoxy) is 1. The molecule has 1 amide bonds. The van der Waals surface area contributed by atoms with E-state index in [0.717, 1.165) is 11.1 Å². The largest absolute Gasteiger partial charge is 0.573 e. The molecule has 0 saturated carbocycles. The van der Waals surface area contributed by atoms with Gasteiger partial charge in [0, 0.05) is 30.1 Å². The highest BCUT2D eigenvalue weighted by Gasteiger charge is 2.31. The Hall–Kier alpha value is -2.18. The van der Waals surface area contributed by atoms with Gasteiger partial charge in [-0.25, -0.2) is 0 Å². The molecule has 21 heavy (non-hydrogen) atoms. The molecule has 0 bridgehead atoms. The highest BCUT2D eigenvalue weighted by molar-refractivity contribution is 5.84. The second kappa shape index (κ2) is 6.07. The van der Waals surface area contributed by atoms with E-state index in [1.54, 1.807) is 13.1 Å². The molecule has 114 valence electrons. The number of H-pyrrole nitrogens is 1. The number of hydrogen-bond acceptors (Lipinski definition) is 2. The highest BCUT2D eigenvalue weighted by Crippen LogP contribution is 2.28. The molecule has 1 aromatic carbocycles. The lowest BCUT2D eigenvalue weighted by atomic mass is 10.1. The molecular formula is C14H15F3N2O2. The molecular weight excluding hydrogens is 285 g/mol. The lowest BCUT2D eigenvalue weighted by molar-refractivity contribution is -0.274. The second-order valence-electron chi connectivity index (χ2n) is 4.52. The zero-order valence-corrected chi connectivity index (χ0v) is 11.4. The SMILES string of the molecule is CCC(=O)NCCc1c[nH]c2ccc(OC(F)(F)F)cc12. The van der Waals surface area contributed by atoms with Crippen LogP contribution >= 0.6 is 0 Å². The fraction of sp³-hybridized carbons (Fsp3) is 0.357. The monoisotopic (exact) mass is 300 g/mol. The number of fused-ring (bicyclic) bond motifs is 1. The first-order valence-corrected chi connectivity index (χ1v) is 6.51. The molecule has 0 aliphatic rings. The summed E-state index contributed by atoms with van der Waals surface area (Å²) in [7, 11) is 0. The molecule has 7 heteroatoms. The minimum Gasteiger partial charge on any atom is -0.406 e. The number of aromatic amines is 1. The van der Waals surface area contributed by atoms with Crippen LogP contribution in [0.3, 0.4) is 0 Å². The number of aromatic nitrogens is 1. The van der Waals surface area contributed by atoms with Crippen molar-refractivity contribution in [1.82, 2.24) is 10.3 Å². The predicted octanol–water partition coefficient (Wildman–Crippen LogP) is 3.14. The van der Waals surface area contributed by atoms with Gasteiger partial charge in [0.1, 0.15) is 5.75 Å². The highest BCUT2D eigenvalue weighted by atomic mass is 19.4. The van der Waals surface area contributed by atoms with Crippen LogP contribution in [0, 0.1) is 0 Å². The molecule has 2 rings (SSSR count). The summed E-state index contributed by atoms with van der Waals surface area (Å²) in [5, 5.41) is 3.38. The normalized spacial score (nSPS) is 11.6. The Balaban J connectivity index is 2.13. The van der Waals surface area contributed by atoms with Crippen LogP contribution in [0.25, 0.3) is 10.9 Å². The smallest absolute Gasteiger partial charge is 0.406 e. The zero-order chi connectivity index (χ0) is 15.5. The first-order chi connectivity index (χ1) is 9.89. The van der Waals surface area contributed by atoms with E-state index >= 15 is 0 Å². The Morgan fingerprint density at radius 2 is 2.14 bits per heavy atom. The molecule has 1 aromatic heterocycles. The molecule has 0 spiro atoms. The van der Waals surface area contributed by atoms with Gasteiger partial charge in [-0.05, 0) is 30.2 Å². The molecule has 0 fully saturated rings. The number of carbonyl (C=O) groups excluding carboxylic acids is 1. The molecule has 0 radical (unpaired) electrons. The van der Waals surface area contributed by atoms with Crippen LogP contribution in [-0.2, 0) is 11.2 Å². The number of amides is 1. The van der Waals surface area contributed by atoms with Crippen LogP contribution in [0.15, 0.2) is 24.4 Å². The van der Waals surface area contributed by atoms with Crippen LogP contribution in [0.2, 0.25) is 0 Å². The van der Waals surface area contributed by atoms with Crippen molar-refractivity contribution < 1.29 is 22.7 Å². The molecule has 2 aromatic rings. The summed E-state index contributed by atoms with van der Waals surface area (Å²) in [6.07, 6.45) is -2.06. The molecule has 4 nitrogen and oxygen atoms in total. The molecule has 1 heterocycles. The van der Waals surface area contributed by atoms with E-state index in [4.69, 9.17) is 0 Å². The van der Waals surface area contributed by atoms with E-state index in [0.29, 0.717) is 24.8 Å². The van der Waals surface area contributed by atoms with Crippen molar-refractivity contribution >= 4 is 16.8 Å². The predicted molar refractivity (Wildman–Crippen MR) is 72.0 cm³/mol. The Morgan fingerprint density at radius 3 is 2.81 bits per heavy atom. The van der Waals surface area contributed by atoms with Gasteiger partial charge in [0.15, 0.2) is 0 Å². The minimum atomic E-state index is -4.71. The van der Waals surface area contributed by atoms with Gasteiger partial charge in [0.2, 0.25) is 5.91 Å². The third-order valence-corrected chi connectivity index (χ3v) is 3.01. The van der Waals surface area contributed by atoms with E-state index in [-0.39, 0.29) is 11.7 Å². The van der Waals surface area contributed by atoms with Gasteiger partial charge in [0.05, 0.1) is 0 Å². The van der Waals surface area contributed by atoms with Crippen molar-refractivity contribution in [3.63, 3.8) is 0 Å². The van der Waals surface area contributed by atoms with Crippen LogP contribution in [0.4, 0.5) is 13.2 Å². The van der Waals surface area contributed by atoms with Gasteiger partial charge in [-0.3, -0.25) is 4.79 Å². The van der Waals surface area contributed by atoms with Crippen LogP contribution in [-0.4, -0.2) is 23.8 Å². The van der Waals surface area contributed by atoms with Crippen molar-refractivity contribution in [2.45, 2.75) is 26.1 Å². The quantitative estimate of drug-likeness (QED) is 0.891. The van der Waals surface area contributed by atoms with Gasteiger partial charge < -0.3 is 15.0 Å². The van der Waals surface area contributed by atoms with Crippen molar-refractivity contribution in [2.24, 2.45) is 0 Å². The summed E-state index contributed by atoms with van der Waals surface area (Å²) in [6.45, 7) is 2.19. The number of alkyl halides is 3. The molecule has 0 aliphatic carbocycles. The molecule has 0 aliphatic heterocycles. The number of halogens is 3. The second-order valence-corrected chi connectivity index (χ2v) is 4.52. The maximum Gasteiger partial charge on any atom is 0.573 e. The third kappa shape index (κ3) is 4.14. The Labute approximate surface area is 119 Å². The number of hydrogen-bond donors (Lipinski definition) is 2. The average molecular weight is 300 g/mol. The first-order valence-electron chi connectivity index (χ1n) is 6.51. The minimum absolute atomic E-state index is 0.0593. The van der Waals surface area contributed by atoms with Crippen molar-refractivity contribution in [2.75, 3.05) is 6.54 Å². The number of nitrogens with one attached hydrogen (secondary N) is 2. The summed E-state index contributed by atoms with van der Waals surface area (Å²) in [4.78, 5) is 14.1. The summed E-state index contributed by atoms with van der Waals surface area (Å²) in [5.74, 6) is -0.315. The van der Waals surface area contributed by atoms with E-state index in [1.165, 1.54) is 18.2 Å². The van der Waals surface area contributed by atoms with E-state index in [1.807, 2.05) is 0 Å². The van der Waals surface area contributed by atoms with Gasteiger partial charge >= 0.3 is 6.36 Å². The Morgan fingerprint density at radius 1 is 1.38 bits per heavy atom. The molecule has 0 atom stereocenters. The van der Waals surface area contributed by atoms with E-state index in [2.05, 4.69) is 15.0 Å². The van der Waals surface area contributed by atoms with Crippen molar-refractivity contribution in [3.8, 4) is 5.75 Å². The molecule has 2 N–H and O–H groups in total. The van der Waals surface area contributed by atoms with E-state index in [9.17, 15) is 18.0 Å². The van der Waals surface area contributed by atoms with Gasteiger partial charge in [-0.15, -0.1) is 13.2 Å². The lowest BCUT2D eigenvalue weighted by Gasteiger charge is -2.09. The standard InChI is InChI=1S/C14H15F3N2O2/c1-2-13(20)18-6-5-9-8-19-12-4-3-10(7-11(9)12)21-14(15,16)17/h3-4,7-8,19H,2,5-6H2,1H3,(H,18,20). The van der Waals surface area contributed by atoms with Crippen LogP contribution < -0.4 is 10.1 Å². The lowest BCUT2D eigenvalue weighted by Crippen LogP contribution is -2.24. The van der Waals surface area contributed by atoms with Crippen LogP contribution in [0.1, 0.15) is 18.9 Å². The Bertz CT molecular complexity index is 635. The number of rotatable bonds is 5. The maximum absolute atomic E-state index is 12.2. The summed E-state index contributed by atoms with van der Waals surface area (Å²) in [5.41, 5.74) is 1.55. The topological polar surface area (TPSA) is 54.1 Å². The molecule has 0 unspecified atom stereocenters. The summed E-state index contributed by atoms with van der Waals surface area (Å²) < 4.78 is 40.6. The number of benzene rings is 1. The van der Waals surface area contributed by atoms with Crippen molar-refractivity contribution in [3.05, 3.63) is 30.0 Å². The Kier molecular flexibility index (Phi) is 4.40. The zero-order valence-electron chi connectivity index (χ0n) is 11.4. The summed E-state index contributed by atoms with van der Waals surface area (Å²) >= 11 is 0. The maximum atomic E-state index is 12.2. The van der Waals surface area contributed by atoms with Gasteiger partial charge in [-0.2, -0.15) is 0 Å². The van der Waals surface area contributed by atoms with Gasteiger partial charge in [-0.1, -0.05) is 6.92 Å². The van der Waals surface area contributed by atoms with E-state index < -0.39 is 6.36 Å². The average Bonchev–Trinajstić information content (AvgIpc) is 2.79. The fourth-order valence-corrected chi connectivity index (χ4v) is 2.02. The van der Waals surface area contributed by atoms with Crippen molar-refractivity contribution in [1.29, 1.82) is 0 Å².